The molecule has 0 atom stereocenters. The number of hydrogen-bond acceptors (Lipinski definition) is 4. The average molecular weight is 253 g/mol. The number of aliphatic hydroxyl groups is 1. The molecule has 0 unspecified atom stereocenters. The van der Waals surface area contributed by atoms with Crippen LogP contribution < -0.4 is 14.8 Å². The number of ether oxygens (including phenoxy) is 2. The van der Waals surface area contributed by atoms with Crippen molar-refractivity contribution in [3.05, 3.63) is 23.8 Å². The number of carbonyl (C=O) groups is 1. The minimum Gasteiger partial charge on any atom is -0.490 e. The van der Waals surface area contributed by atoms with Gasteiger partial charge in [0.15, 0.2) is 11.5 Å². The van der Waals surface area contributed by atoms with Gasteiger partial charge in [-0.15, -0.1) is 0 Å². The zero-order valence-electron chi connectivity index (χ0n) is 10.7. The molecule has 1 amide bonds. The maximum atomic E-state index is 11.1. The van der Waals surface area contributed by atoms with Gasteiger partial charge in [0.25, 0.3) is 0 Å². The van der Waals surface area contributed by atoms with E-state index in [9.17, 15) is 9.90 Å². The van der Waals surface area contributed by atoms with E-state index in [0.717, 1.165) is 0 Å². The van der Waals surface area contributed by atoms with Crippen LogP contribution in [0.2, 0.25) is 0 Å². The Morgan fingerprint density at radius 1 is 1.39 bits per heavy atom. The summed E-state index contributed by atoms with van der Waals surface area (Å²) < 4.78 is 11.0. The van der Waals surface area contributed by atoms with Crippen LogP contribution in [0.1, 0.15) is 18.9 Å². The van der Waals surface area contributed by atoms with E-state index in [-0.39, 0.29) is 25.5 Å². The number of hydrogen-bond donors (Lipinski definition) is 2. The number of para-hydroxylation sites is 1. The van der Waals surface area contributed by atoms with Crippen LogP contribution in [0.3, 0.4) is 0 Å². The average Bonchev–Trinajstić information content (AvgIpc) is 2.40. The van der Waals surface area contributed by atoms with Crippen molar-refractivity contribution >= 4 is 5.91 Å². The molecule has 0 saturated heterocycles. The summed E-state index contributed by atoms with van der Waals surface area (Å²) in [4.78, 5) is 11.1. The molecular weight excluding hydrogens is 234 g/mol. The molecule has 0 saturated carbocycles. The SMILES string of the molecule is CCOc1cccc(CO)c1OCCC(=O)NC. The monoisotopic (exact) mass is 253 g/mol. The van der Waals surface area contributed by atoms with E-state index < -0.39 is 0 Å². The quantitative estimate of drug-likeness (QED) is 0.763. The number of amides is 1. The topological polar surface area (TPSA) is 67.8 Å². The minimum absolute atomic E-state index is 0.0885. The summed E-state index contributed by atoms with van der Waals surface area (Å²) in [6.45, 7) is 2.51. The van der Waals surface area contributed by atoms with Gasteiger partial charge in [0, 0.05) is 12.6 Å². The van der Waals surface area contributed by atoms with Crippen LogP contribution in [-0.2, 0) is 11.4 Å². The second kappa shape index (κ2) is 7.55. The Morgan fingerprint density at radius 2 is 2.17 bits per heavy atom. The highest BCUT2D eigenvalue weighted by atomic mass is 16.5. The van der Waals surface area contributed by atoms with Crippen molar-refractivity contribution in [2.75, 3.05) is 20.3 Å². The molecule has 0 radical (unpaired) electrons. The smallest absolute Gasteiger partial charge is 0.223 e. The third-order valence-corrected chi connectivity index (χ3v) is 2.38. The fraction of sp³-hybridized carbons (Fsp3) is 0.462. The summed E-state index contributed by atoms with van der Waals surface area (Å²) in [7, 11) is 1.58. The van der Waals surface area contributed by atoms with Crippen LogP contribution >= 0.6 is 0 Å². The molecule has 1 aromatic rings. The first-order chi connectivity index (χ1) is 8.72. The van der Waals surface area contributed by atoms with Crippen LogP contribution in [0.25, 0.3) is 0 Å². The number of rotatable bonds is 7. The number of aliphatic hydroxyl groups excluding tert-OH is 1. The highest BCUT2D eigenvalue weighted by molar-refractivity contribution is 5.75. The molecule has 0 bridgehead atoms. The first kappa shape index (κ1) is 14.3. The number of benzene rings is 1. The standard InChI is InChI=1S/C13H19NO4/c1-3-17-11-6-4-5-10(9-15)13(11)18-8-7-12(16)14-2/h4-6,15H,3,7-9H2,1-2H3,(H,14,16). The van der Waals surface area contributed by atoms with Crippen molar-refractivity contribution in [2.24, 2.45) is 0 Å². The lowest BCUT2D eigenvalue weighted by atomic mass is 10.2. The molecule has 0 aromatic heterocycles. The van der Waals surface area contributed by atoms with E-state index in [0.29, 0.717) is 23.7 Å². The summed E-state index contributed by atoms with van der Waals surface area (Å²) in [5.41, 5.74) is 0.651. The van der Waals surface area contributed by atoms with Gasteiger partial charge in [0.1, 0.15) is 0 Å². The number of nitrogens with one attached hydrogen (secondary N) is 1. The van der Waals surface area contributed by atoms with Crippen molar-refractivity contribution in [1.82, 2.24) is 5.32 Å². The van der Waals surface area contributed by atoms with E-state index in [4.69, 9.17) is 9.47 Å². The van der Waals surface area contributed by atoms with E-state index in [1.54, 1.807) is 25.2 Å². The van der Waals surface area contributed by atoms with Gasteiger partial charge in [-0.1, -0.05) is 12.1 Å². The van der Waals surface area contributed by atoms with E-state index in [2.05, 4.69) is 5.32 Å². The van der Waals surface area contributed by atoms with E-state index >= 15 is 0 Å². The Kier molecular flexibility index (Phi) is 6.00. The fourth-order valence-corrected chi connectivity index (χ4v) is 1.49. The van der Waals surface area contributed by atoms with Crippen molar-refractivity contribution in [1.29, 1.82) is 0 Å². The molecule has 2 N–H and O–H groups in total. The lowest BCUT2D eigenvalue weighted by molar-refractivity contribution is -0.121. The normalized spacial score (nSPS) is 9.94. The molecule has 0 heterocycles. The lowest BCUT2D eigenvalue weighted by Gasteiger charge is -2.14. The van der Waals surface area contributed by atoms with Crippen LogP contribution in [0.4, 0.5) is 0 Å². The summed E-state index contributed by atoms with van der Waals surface area (Å²) in [6, 6.07) is 5.33. The highest BCUT2D eigenvalue weighted by Crippen LogP contribution is 2.31. The first-order valence-corrected chi connectivity index (χ1v) is 5.91. The van der Waals surface area contributed by atoms with Gasteiger partial charge in [0.05, 0.1) is 26.2 Å². The van der Waals surface area contributed by atoms with E-state index in [1.807, 2.05) is 6.92 Å². The molecule has 0 fully saturated rings. The van der Waals surface area contributed by atoms with Gasteiger partial charge in [-0.2, -0.15) is 0 Å². The first-order valence-electron chi connectivity index (χ1n) is 5.91. The molecular formula is C13H19NO4. The van der Waals surface area contributed by atoms with Crippen LogP contribution in [0.5, 0.6) is 11.5 Å². The molecule has 0 aliphatic carbocycles. The van der Waals surface area contributed by atoms with Gasteiger partial charge in [0.2, 0.25) is 5.91 Å². The Labute approximate surface area is 107 Å². The zero-order chi connectivity index (χ0) is 13.4. The summed E-state index contributed by atoms with van der Waals surface area (Å²) in [5.74, 6) is 1.00. The van der Waals surface area contributed by atoms with Gasteiger partial charge in [-0.25, -0.2) is 0 Å². The third kappa shape index (κ3) is 3.92. The fourth-order valence-electron chi connectivity index (χ4n) is 1.49. The molecule has 5 nitrogen and oxygen atoms in total. The predicted octanol–water partition coefficient (Wildman–Crippen LogP) is 1.09. The van der Waals surface area contributed by atoms with Gasteiger partial charge in [-0.05, 0) is 13.0 Å². The Hall–Kier alpha value is -1.75. The van der Waals surface area contributed by atoms with Crippen LogP contribution in [0.15, 0.2) is 18.2 Å². The molecule has 1 rings (SSSR count). The maximum Gasteiger partial charge on any atom is 0.223 e. The molecule has 100 valence electrons. The molecule has 1 aromatic carbocycles. The lowest BCUT2D eigenvalue weighted by Crippen LogP contribution is -2.20. The van der Waals surface area contributed by atoms with Gasteiger partial charge < -0.3 is 19.9 Å². The van der Waals surface area contributed by atoms with Gasteiger partial charge in [-0.3, -0.25) is 4.79 Å². The molecule has 0 aliphatic rings. The van der Waals surface area contributed by atoms with E-state index in [1.165, 1.54) is 0 Å². The largest absolute Gasteiger partial charge is 0.490 e. The van der Waals surface area contributed by atoms with Gasteiger partial charge >= 0.3 is 0 Å². The second-order valence-electron chi connectivity index (χ2n) is 3.61. The van der Waals surface area contributed by atoms with Crippen molar-refractivity contribution < 1.29 is 19.4 Å². The molecule has 5 heteroatoms. The van der Waals surface area contributed by atoms with Crippen molar-refractivity contribution in [2.45, 2.75) is 20.0 Å². The Bertz CT molecular complexity index is 393. The zero-order valence-corrected chi connectivity index (χ0v) is 10.7. The number of carbonyl (C=O) groups excluding carboxylic acids is 1. The molecule has 0 aliphatic heterocycles. The van der Waals surface area contributed by atoms with Crippen LogP contribution in [0, 0.1) is 0 Å². The van der Waals surface area contributed by atoms with Crippen LogP contribution in [-0.4, -0.2) is 31.3 Å². The molecule has 18 heavy (non-hydrogen) atoms. The summed E-state index contributed by atoms with van der Waals surface area (Å²) >= 11 is 0. The molecule has 0 spiro atoms. The van der Waals surface area contributed by atoms with Crippen molar-refractivity contribution in [3.63, 3.8) is 0 Å². The predicted molar refractivity (Wildman–Crippen MR) is 67.7 cm³/mol. The highest BCUT2D eigenvalue weighted by Gasteiger charge is 2.10. The Balaban J connectivity index is 2.74. The Morgan fingerprint density at radius 3 is 2.78 bits per heavy atom. The third-order valence-electron chi connectivity index (χ3n) is 2.38. The summed E-state index contributed by atoms with van der Waals surface area (Å²) in [6.07, 6.45) is 0.266. The van der Waals surface area contributed by atoms with Crippen molar-refractivity contribution in [3.8, 4) is 11.5 Å². The summed E-state index contributed by atoms with van der Waals surface area (Å²) in [5, 5.41) is 11.8. The maximum absolute atomic E-state index is 11.1. The second-order valence-corrected chi connectivity index (χ2v) is 3.61. The minimum atomic E-state index is -0.129.